The maximum atomic E-state index is 11.4. The van der Waals surface area contributed by atoms with E-state index in [9.17, 15) is 9.90 Å². The van der Waals surface area contributed by atoms with E-state index >= 15 is 0 Å². The van der Waals surface area contributed by atoms with E-state index in [4.69, 9.17) is 0 Å². The molecular weight excluding hydrogens is 296 g/mol. The Labute approximate surface area is 145 Å². The van der Waals surface area contributed by atoms with Crippen molar-refractivity contribution in [1.82, 2.24) is 0 Å². The van der Waals surface area contributed by atoms with Crippen LogP contribution in [0.5, 0.6) is 0 Å². The first kappa shape index (κ1) is 15.9. The van der Waals surface area contributed by atoms with Crippen molar-refractivity contribution in [3.8, 4) is 0 Å². The van der Waals surface area contributed by atoms with Gasteiger partial charge >= 0.3 is 5.97 Å². The summed E-state index contributed by atoms with van der Waals surface area (Å²) >= 11 is 0. The molecule has 1 aromatic carbocycles. The van der Waals surface area contributed by atoms with Gasteiger partial charge in [-0.05, 0) is 91.9 Å². The molecule has 3 aliphatic rings. The zero-order valence-electron chi connectivity index (χ0n) is 15.1. The Balaban J connectivity index is 1.76. The quantitative estimate of drug-likeness (QED) is 0.745. The summed E-state index contributed by atoms with van der Waals surface area (Å²) in [5.74, 6) is 0.242. The van der Waals surface area contributed by atoms with Gasteiger partial charge in [0.1, 0.15) is 0 Å². The summed E-state index contributed by atoms with van der Waals surface area (Å²) in [6.07, 6.45) is 10.1. The van der Waals surface area contributed by atoms with Gasteiger partial charge in [0.05, 0.1) is 5.92 Å². The van der Waals surface area contributed by atoms with Crippen LogP contribution in [0.15, 0.2) is 23.8 Å². The fourth-order valence-corrected chi connectivity index (χ4v) is 5.88. The first-order chi connectivity index (χ1) is 11.4. The topological polar surface area (TPSA) is 37.3 Å². The largest absolute Gasteiger partial charge is 0.481 e. The highest BCUT2D eigenvalue weighted by atomic mass is 16.4. The summed E-state index contributed by atoms with van der Waals surface area (Å²) in [5, 5.41) is 9.40. The molecule has 2 heteroatoms. The smallest absolute Gasteiger partial charge is 0.310 e. The number of carboxylic acids is 1. The standard InChI is InChI=1S/C22H28O2/c1-13-16(14(2)21(23)24)9-10-17-18-8-7-15-6-4-5-11-22(15,3)20(18)12-19(13)17/h6,9-10,14,18,20H,4-5,7-8,11-12H2,1-3H3,(H,23,24)/t14-,18?,20?,22-/m0/s1. The molecule has 1 fully saturated rings. The first-order valence-corrected chi connectivity index (χ1v) is 9.48. The fraction of sp³-hybridized carbons (Fsp3) is 0.591. The molecule has 2 unspecified atom stereocenters. The summed E-state index contributed by atoms with van der Waals surface area (Å²) < 4.78 is 0. The molecule has 0 saturated heterocycles. The van der Waals surface area contributed by atoms with Gasteiger partial charge in [-0.2, -0.15) is 0 Å². The van der Waals surface area contributed by atoms with E-state index in [2.05, 4.69) is 32.1 Å². The molecule has 0 radical (unpaired) electrons. The number of hydrogen-bond acceptors (Lipinski definition) is 1. The Morgan fingerprint density at radius 2 is 2.17 bits per heavy atom. The maximum absolute atomic E-state index is 11.4. The lowest BCUT2D eigenvalue weighted by molar-refractivity contribution is -0.138. The summed E-state index contributed by atoms with van der Waals surface area (Å²) in [5.41, 5.74) is 7.30. The Morgan fingerprint density at radius 1 is 1.38 bits per heavy atom. The van der Waals surface area contributed by atoms with Crippen LogP contribution in [0.1, 0.15) is 80.0 Å². The average molecular weight is 324 g/mol. The highest BCUT2D eigenvalue weighted by molar-refractivity contribution is 5.76. The van der Waals surface area contributed by atoms with Crippen molar-refractivity contribution in [3.05, 3.63) is 46.0 Å². The highest BCUT2D eigenvalue weighted by Crippen LogP contribution is 2.60. The zero-order valence-corrected chi connectivity index (χ0v) is 15.1. The molecule has 128 valence electrons. The molecule has 2 nitrogen and oxygen atoms in total. The Morgan fingerprint density at radius 3 is 2.92 bits per heavy atom. The average Bonchev–Trinajstić information content (AvgIpc) is 2.95. The predicted octanol–water partition coefficient (Wildman–Crippen LogP) is 5.35. The highest BCUT2D eigenvalue weighted by Gasteiger charge is 2.49. The van der Waals surface area contributed by atoms with Crippen molar-refractivity contribution in [1.29, 1.82) is 0 Å². The van der Waals surface area contributed by atoms with Crippen molar-refractivity contribution in [2.45, 2.75) is 71.1 Å². The van der Waals surface area contributed by atoms with Gasteiger partial charge in [-0.1, -0.05) is 30.7 Å². The summed E-state index contributed by atoms with van der Waals surface area (Å²) in [4.78, 5) is 11.4. The Hall–Kier alpha value is -1.57. The number of hydrogen-bond donors (Lipinski definition) is 1. The van der Waals surface area contributed by atoms with Gasteiger partial charge < -0.3 is 5.11 Å². The monoisotopic (exact) mass is 324 g/mol. The second-order valence-corrected chi connectivity index (χ2v) is 8.40. The minimum absolute atomic E-state index is 0.366. The molecule has 3 aliphatic carbocycles. The molecule has 0 amide bonds. The molecule has 0 aromatic heterocycles. The van der Waals surface area contributed by atoms with Gasteiger partial charge in [0, 0.05) is 0 Å². The molecule has 0 aliphatic heterocycles. The molecule has 1 saturated carbocycles. The van der Waals surface area contributed by atoms with E-state index in [0.717, 1.165) is 12.0 Å². The van der Waals surface area contributed by atoms with E-state index in [-0.39, 0.29) is 0 Å². The molecule has 0 spiro atoms. The van der Waals surface area contributed by atoms with Crippen LogP contribution in [-0.4, -0.2) is 11.1 Å². The van der Waals surface area contributed by atoms with Gasteiger partial charge in [0.2, 0.25) is 0 Å². The van der Waals surface area contributed by atoms with Crippen molar-refractivity contribution in [2.24, 2.45) is 11.3 Å². The lowest BCUT2D eigenvalue weighted by atomic mass is 9.57. The van der Waals surface area contributed by atoms with Gasteiger partial charge in [0.25, 0.3) is 0 Å². The van der Waals surface area contributed by atoms with E-state index in [1.807, 2.05) is 6.92 Å². The number of carboxylic acid groups (broad SMARTS) is 1. The zero-order chi connectivity index (χ0) is 17.1. The van der Waals surface area contributed by atoms with Crippen molar-refractivity contribution in [3.63, 3.8) is 0 Å². The third kappa shape index (κ3) is 2.11. The van der Waals surface area contributed by atoms with Crippen LogP contribution in [0.3, 0.4) is 0 Å². The second-order valence-electron chi connectivity index (χ2n) is 8.40. The number of carbonyl (C=O) groups is 1. The summed E-state index contributed by atoms with van der Waals surface area (Å²) in [6, 6.07) is 4.34. The van der Waals surface area contributed by atoms with Crippen molar-refractivity contribution < 1.29 is 9.90 Å². The van der Waals surface area contributed by atoms with Crippen LogP contribution >= 0.6 is 0 Å². The second kappa shape index (κ2) is 5.47. The minimum atomic E-state index is -0.724. The van der Waals surface area contributed by atoms with Crippen LogP contribution < -0.4 is 0 Å². The van der Waals surface area contributed by atoms with Gasteiger partial charge in [-0.25, -0.2) is 0 Å². The van der Waals surface area contributed by atoms with Gasteiger partial charge in [-0.3, -0.25) is 4.79 Å². The molecule has 1 aromatic rings. The van der Waals surface area contributed by atoms with E-state index < -0.39 is 11.9 Å². The fourth-order valence-electron chi connectivity index (χ4n) is 5.88. The molecule has 4 rings (SSSR count). The summed E-state index contributed by atoms with van der Waals surface area (Å²) in [7, 11) is 0. The number of benzene rings is 1. The van der Waals surface area contributed by atoms with Crippen LogP contribution in [0, 0.1) is 18.3 Å². The molecule has 0 heterocycles. The van der Waals surface area contributed by atoms with Crippen molar-refractivity contribution in [2.75, 3.05) is 0 Å². The lowest BCUT2D eigenvalue weighted by Gasteiger charge is -2.47. The van der Waals surface area contributed by atoms with Crippen LogP contribution in [0.2, 0.25) is 0 Å². The third-order valence-electron chi connectivity index (χ3n) is 7.39. The van der Waals surface area contributed by atoms with Gasteiger partial charge in [0.15, 0.2) is 0 Å². The maximum Gasteiger partial charge on any atom is 0.310 e. The SMILES string of the molecule is Cc1c([C@H](C)C(=O)O)ccc2c1CC1C2CCC2=CCCC[C@@]21C. The van der Waals surface area contributed by atoms with Crippen LogP contribution in [0.4, 0.5) is 0 Å². The molecular formula is C22H28O2. The molecule has 0 bridgehead atoms. The number of allylic oxidation sites excluding steroid dienone is 2. The summed E-state index contributed by atoms with van der Waals surface area (Å²) in [6.45, 7) is 6.45. The number of rotatable bonds is 2. The Bertz CT molecular complexity index is 730. The third-order valence-corrected chi connectivity index (χ3v) is 7.39. The normalized spacial score (nSPS) is 32.4. The van der Waals surface area contributed by atoms with E-state index in [1.165, 1.54) is 48.8 Å². The Kier molecular flexibility index (Phi) is 3.63. The van der Waals surface area contributed by atoms with Gasteiger partial charge in [-0.15, -0.1) is 0 Å². The van der Waals surface area contributed by atoms with E-state index in [1.54, 1.807) is 5.57 Å². The van der Waals surface area contributed by atoms with Crippen LogP contribution in [0.25, 0.3) is 0 Å². The number of fused-ring (bicyclic) bond motifs is 5. The first-order valence-electron chi connectivity index (χ1n) is 9.48. The molecule has 24 heavy (non-hydrogen) atoms. The molecule has 4 atom stereocenters. The van der Waals surface area contributed by atoms with Crippen molar-refractivity contribution >= 4 is 5.97 Å². The van der Waals surface area contributed by atoms with Crippen LogP contribution in [-0.2, 0) is 11.2 Å². The minimum Gasteiger partial charge on any atom is -0.481 e. The lowest BCUT2D eigenvalue weighted by Crippen LogP contribution is -2.37. The van der Waals surface area contributed by atoms with E-state index in [0.29, 0.717) is 17.3 Å². The predicted molar refractivity (Wildman–Crippen MR) is 96.4 cm³/mol. The number of aliphatic carboxylic acids is 1. The molecule has 1 N–H and O–H groups in total.